The number of amides is 1. The summed E-state index contributed by atoms with van der Waals surface area (Å²) in [5.41, 5.74) is 6.74. The molecule has 1 amide bonds. The number of nitrogens with zero attached hydrogens (tertiary/aromatic N) is 3. The number of benzene rings is 1. The minimum atomic E-state index is -1.13. The van der Waals surface area contributed by atoms with Crippen LogP contribution in [0.15, 0.2) is 35.3 Å². The van der Waals surface area contributed by atoms with E-state index in [-0.39, 0.29) is 35.2 Å². The molecule has 2 heterocycles. The number of nitrogens with two attached hydrogens (primary N) is 1. The summed E-state index contributed by atoms with van der Waals surface area (Å²) in [5.74, 6) is -0.751. The fourth-order valence-electron chi connectivity index (χ4n) is 2.91. The number of H-pyrrole nitrogens is 1. The van der Waals surface area contributed by atoms with Crippen molar-refractivity contribution in [3.8, 4) is 0 Å². The average Bonchev–Trinajstić information content (AvgIpc) is 2.86. The van der Waals surface area contributed by atoms with E-state index in [1.807, 2.05) is 0 Å². The normalized spacial score (nSPS) is 11.7. The number of ketones is 1. The number of aliphatic carboxylic acids is 1. The monoisotopic (exact) mass is 531 g/mol. The largest absolute Gasteiger partial charge is 0.480 e. The maximum absolute atomic E-state index is 12.5. The minimum Gasteiger partial charge on any atom is -0.480 e. The first-order valence-corrected chi connectivity index (χ1v) is 13.4. The lowest BCUT2D eigenvalue weighted by atomic mass is 10.2. The Morgan fingerprint density at radius 2 is 1.92 bits per heavy atom. The van der Waals surface area contributed by atoms with E-state index in [2.05, 4.69) is 30.6 Å². The second-order valence-corrected chi connectivity index (χ2v) is 10.2. The smallest absolute Gasteiger partial charge is 0.327 e. The molecule has 14 heteroatoms. The third kappa shape index (κ3) is 7.68. The van der Waals surface area contributed by atoms with E-state index in [1.165, 1.54) is 27.8 Å². The van der Waals surface area contributed by atoms with Gasteiger partial charge in [-0.05, 0) is 24.3 Å². The van der Waals surface area contributed by atoms with Gasteiger partial charge in [-0.2, -0.15) is 4.98 Å². The van der Waals surface area contributed by atoms with Gasteiger partial charge in [-0.3, -0.25) is 19.4 Å². The summed E-state index contributed by atoms with van der Waals surface area (Å²) in [6.45, 7) is 2.06. The predicted molar refractivity (Wildman–Crippen MR) is 140 cm³/mol. The van der Waals surface area contributed by atoms with Crippen molar-refractivity contribution in [3.05, 3.63) is 52.1 Å². The van der Waals surface area contributed by atoms with Crippen LogP contribution < -0.4 is 21.9 Å². The zero-order chi connectivity index (χ0) is 26.1. The number of carboxylic acids is 1. The van der Waals surface area contributed by atoms with Crippen molar-refractivity contribution in [2.45, 2.75) is 32.4 Å². The number of carbonyl (C=O) groups is 3. The van der Waals surface area contributed by atoms with Gasteiger partial charge in [0.2, 0.25) is 5.95 Å². The number of nitrogen functional groups attached to an aromatic ring is 1. The standard InChI is InChI=1S/C22H25N7O5S2/c1-2-15(30)7-8-35-36-11-16(21(33)34)27-19(31)12-3-5-13(6-4-12)24-9-14-10-25-18-17(26-14)20(32)29-22(23)28-18/h3-6,10,16,24H,2,7-9,11H2,1H3,(H,27,31)(H,33,34)(H3,23,25,28,29,32)/t16-/m0/s1. The topological polar surface area (TPSA) is 193 Å². The zero-order valence-electron chi connectivity index (χ0n) is 19.3. The number of aromatic nitrogens is 4. The van der Waals surface area contributed by atoms with Crippen LogP contribution in [0.25, 0.3) is 11.2 Å². The Hall–Kier alpha value is -3.65. The van der Waals surface area contributed by atoms with Gasteiger partial charge in [-0.1, -0.05) is 28.5 Å². The first-order valence-electron chi connectivity index (χ1n) is 10.9. The lowest BCUT2D eigenvalue weighted by Crippen LogP contribution is -2.42. The van der Waals surface area contributed by atoms with Crippen molar-refractivity contribution in [1.29, 1.82) is 0 Å². The maximum atomic E-state index is 12.5. The highest BCUT2D eigenvalue weighted by Gasteiger charge is 2.21. The lowest BCUT2D eigenvalue weighted by Gasteiger charge is -2.14. The van der Waals surface area contributed by atoms with Gasteiger partial charge in [0.1, 0.15) is 11.8 Å². The van der Waals surface area contributed by atoms with E-state index in [4.69, 9.17) is 5.73 Å². The molecule has 0 aliphatic heterocycles. The van der Waals surface area contributed by atoms with Crippen molar-refractivity contribution in [2.24, 2.45) is 0 Å². The minimum absolute atomic E-state index is 0.0378. The van der Waals surface area contributed by atoms with Gasteiger partial charge >= 0.3 is 5.97 Å². The van der Waals surface area contributed by atoms with Crippen molar-refractivity contribution < 1.29 is 19.5 Å². The number of carbonyl (C=O) groups excluding carboxylic acids is 2. The molecule has 0 radical (unpaired) electrons. The highest BCUT2D eigenvalue weighted by Crippen LogP contribution is 2.23. The van der Waals surface area contributed by atoms with Gasteiger partial charge in [0.05, 0.1) is 18.4 Å². The summed E-state index contributed by atoms with van der Waals surface area (Å²) in [5, 5.41) is 15.1. The molecule has 2 aromatic heterocycles. The van der Waals surface area contributed by atoms with Crippen molar-refractivity contribution in [2.75, 3.05) is 22.6 Å². The number of Topliss-reactive ketones (excluding diaryl/α,β-unsaturated/α-hetero) is 1. The molecular formula is C22H25N7O5S2. The molecule has 0 spiro atoms. The molecule has 0 bridgehead atoms. The number of aromatic amines is 1. The van der Waals surface area contributed by atoms with Crippen molar-refractivity contribution in [3.63, 3.8) is 0 Å². The van der Waals surface area contributed by atoms with Crippen LogP contribution in [-0.4, -0.2) is 60.2 Å². The van der Waals surface area contributed by atoms with Gasteiger partial charge in [0.25, 0.3) is 11.5 Å². The third-order valence-electron chi connectivity index (χ3n) is 4.89. The quantitative estimate of drug-likeness (QED) is 0.159. The maximum Gasteiger partial charge on any atom is 0.327 e. The second-order valence-electron chi connectivity index (χ2n) is 7.53. The number of carboxylic acid groups (broad SMARTS) is 1. The fourth-order valence-corrected chi connectivity index (χ4v) is 5.10. The summed E-state index contributed by atoms with van der Waals surface area (Å²) in [7, 11) is 2.71. The van der Waals surface area contributed by atoms with Gasteiger partial charge in [-0.25, -0.2) is 14.8 Å². The Balaban J connectivity index is 1.52. The van der Waals surface area contributed by atoms with E-state index in [0.717, 1.165) is 0 Å². The van der Waals surface area contributed by atoms with Gasteiger partial charge < -0.3 is 21.5 Å². The average molecular weight is 532 g/mol. The summed E-state index contributed by atoms with van der Waals surface area (Å²) >= 11 is 0. The van der Waals surface area contributed by atoms with E-state index < -0.39 is 23.5 Å². The number of hydrogen-bond acceptors (Lipinski definition) is 11. The molecule has 0 unspecified atom stereocenters. The Morgan fingerprint density at radius 3 is 2.61 bits per heavy atom. The van der Waals surface area contributed by atoms with E-state index in [1.54, 1.807) is 31.2 Å². The molecule has 1 atom stereocenters. The summed E-state index contributed by atoms with van der Waals surface area (Å²) in [6.07, 6.45) is 2.41. The van der Waals surface area contributed by atoms with Crippen LogP contribution in [-0.2, 0) is 16.1 Å². The van der Waals surface area contributed by atoms with E-state index in [9.17, 15) is 24.3 Å². The molecule has 0 aliphatic carbocycles. The molecular weight excluding hydrogens is 506 g/mol. The number of nitrogens with one attached hydrogen (secondary N) is 3. The molecule has 0 saturated heterocycles. The lowest BCUT2D eigenvalue weighted by molar-refractivity contribution is -0.138. The Morgan fingerprint density at radius 1 is 1.17 bits per heavy atom. The van der Waals surface area contributed by atoms with Crippen molar-refractivity contribution >= 4 is 62.0 Å². The SMILES string of the molecule is CCC(=O)CCSSC[C@H](NC(=O)c1ccc(NCc2cnc3nc(N)[nH]c(=O)c3n2)cc1)C(=O)O. The molecule has 36 heavy (non-hydrogen) atoms. The van der Waals surface area contributed by atoms with Gasteiger partial charge in [0, 0.05) is 35.6 Å². The van der Waals surface area contributed by atoms with Crippen molar-refractivity contribution in [1.82, 2.24) is 25.3 Å². The predicted octanol–water partition coefficient (Wildman–Crippen LogP) is 1.84. The van der Waals surface area contributed by atoms with Crippen LogP contribution >= 0.6 is 21.6 Å². The molecule has 0 fully saturated rings. The van der Waals surface area contributed by atoms with Gasteiger partial charge in [0.15, 0.2) is 11.2 Å². The Kier molecular flexibility index (Phi) is 9.64. The molecule has 6 N–H and O–H groups in total. The highest BCUT2D eigenvalue weighted by atomic mass is 33.1. The number of fused-ring (bicyclic) bond motifs is 1. The van der Waals surface area contributed by atoms with Crippen LogP contribution in [0.1, 0.15) is 35.8 Å². The zero-order valence-corrected chi connectivity index (χ0v) is 20.9. The van der Waals surface area contributed by atoms with Crippen LogP contribution in [0.2, 0.25) is 0 Å². The third-order valence-corrected chi connectivity index (χ3v) is 7.30. The number of anilines is 2. The van der Waals surface area contributed by atoms with Gasteiger partial charge in [-0.15, -0.1) is 0 Å². The summed E-state index contributed by atoms with van der Waals surface area (Å²) < 4.78 is 0. The Labute approximate surface area is 213 Å². The molecule has 3 rings (SSSR count). The number of rotatable bonds is 13. The second kappa shape index (κ2) is 12.9. The van der Waals surface area contributed by atoms with E-state index >= 15 is 0 Å². The van der Waals surface area contributed by atoms with E-state index in [0.29, 0.717) is 35.5 Å². The summed E-state index contributed by atoms with van der Waals surface area (Å²) in [6, 6.07) is 5.41. The summed E-state index contributed by atoms with van der Waals surface area (Å²) in [4.78, 5) is 62.0. The van der Waals surface area contributed by atoms with Crippen LogP contribution in [0.5, 0.6) is 0 Å². The van der Waals surface area contributed by atoms with Crippen LogP contribution in [0.3, 0.4) is 0 Å². The van der Waals surface area contributed by atoms with Crippen LogP contribution in [0.4, 0.5) is 11.6 Å². The molecule has 190 valence electrons. The fraction of sp³-hybridized carbons (Fsp3) is 0.318. The molecule has 0 aliphatic rings. The first-order chi connectivity index (χ1) is 17.3. The molecule has 3 aromatic rings. The first kappa shape index (κ1) is 26.9. The molecule has 12 nitrogen and oxygen atoms in total. The highest BCUT2D eigenvalue weighted by molar-refractivity contribution is 8.76. The molecule has 1 aromatic carbocycles. The van der Waals surface area contributed by atoms with Crippen LogP contribution in [0, 0.1) is 0 Å². The Bertz CT molecular complexity index is 1300. The molecule has 0 saturated carbocycles. The number of hydrogen-bond donors (Lipinski definition) is 5.